The van der Waals surface area contributed by atoms with Crippen LogP contribution in [0.3, 0.4) is 0 Å². The monoisotopic (exact) mass is 303 g/mol. The van der Waals surface area contributed by atoms with E-state index in [1.54, 1.807) is 18.2 Å². The summed E-state index contributed by atoms with van der Waals surface area (Å²) in [5.74, 6) is 0.167. The summed E-state index contributed by atoms with van der Waals surface area (Å²) in [5.41, 5.74) is 0.479. The molecular weight excluding hydrogens is 290 g/mol. The maximum atomic E-state index is 12.2. The zero-order chi connectivity index (χ0) is 15.1. The Morgan fingerprint density at radius 3 is 3.10 bits per heavy atom. The molecule has 0 radical (unpaired) electrons. The third-order valence-electron chi connectivity index (χ3n) is 2.39. The molecule has 0 aliphatic heterocycles. The molecule has 0 aliphatic rings. The van der Waals surface area contributed by atoms with Gasteiger partial charge in [-0.3, -0.25) is 10.1 Å². The molecule has 108 valence electrons. The van der Waals surface area contributed by atoms with Gasteiger partial charge in [-0.25, -0.2) is 5.10 Å². The van der Waals surface area contributed by atoms with Gasteiger partial charge in [0.15, 0.2) is 0 Å². The van der Waals surface area contributed by atoms with E-state index in [-0.39, 0.29) is 23.6 Å². The first-order valence-corrected chi connectivity index (χ1v) is 7.18. The van der Waals surface area contributed by atoms with E-state index in [1.165, 1.54) is 11.8 Å². The van der Waals surface area contributed by atoms with Crippen molar-refractivity contribution in [2.45, 2.75) is 11.8 Å². The van der Waals surface area contributed by atoms with E-state index in [9.17, 15) is 4.79 Å². The van der Waals surface area contributed by atoms with Crippen molar-refractivity contribution in [3.8, 4) is 12.1 Å². The first-order valence-electron chi connectivity index (χ1n) is 6.20. The Kier molecular flexibility index (Phi) is 5.17. The summed E-state index contributed by atoms with van der Waals surface area (Å²) in [7, 11) is 0. The molecule has 8 heteroatoms. The zero-order valence-corrected chi connectivity index (χ0v) is 12.1. The number of nitriles is 1. The average molecular weight is 303 g/mol. The average Bonchev–Trinajstić information content (AvgIpc) is 2.93. The maximum Gasteiger partial charge on any atom is 0.337 e. The summed E-state index contributed by atoms with van der Waals surface area (Å²) in [6.45, 7) is 2.26. The number of aromatic amines is 1. The first kappa shape index (κ1) is 14.9. The van der Waals surface area contributed by atoms with E-state index < -0.39 is 0 Å². The van der Waals surface area contributed by atoms with Crippen molar-refractivity contribution in [3.63, 3.8) is 0 Å². The van der Waals surface area contributed by atoms with Crippen molar-refractivity contribution in [2.24, 2.45) is 0 Å². The standard InChI is InChI=1S/C13H13N5O2S/c1-2-20-13-16-12(17-18-13)15-11(19)9-5-3-4-6-10(9)21-8-7-14/h3-6H,2,8H2,1H3,(H2,15,16,17,18,19). The molecule has 2 aromatic rings. The molecule has 0 aliphatic carbocycles. The largest absolute Gasteiger partial charge is 0.463 e. The zero-order valence-electron chi connectivity index (χ0n) is 11.3. The van der Waals surface area contributed by atoms with E-state index in [4.69, 9.17) is 10.00 Å². The number of ether oxygens (including phenoxy) is 1. The van der Waals surface area contributed by atoms with E-state index in [1.807, 2.05) is 19.1 Å². The number of carbonyl (C=O) groups is 1. The molecular formula is C13H13N5O2S. The summed E-state index contributed by atoms with van der Waals surface area (Å²) in [6, 6.07) is 9.28. The number of thioether (sulfide) groups is 1. The lowest BCUT2D eigenvalue weighted by Crippen LogP contribution is -2.14. The minimum Gasteiger partial charge on any atom is -0.463 e. The van der Waals surface area contributed by atoms with Crippen molar-refractivity contribution in [1.82, 2.24) is 15.2 Å². The Hall–Kier alpha value is -2.53. The van der Waals surface area contributed by atoms with Gasteiger partial charge >= 0.3 is 6.01 Å². The van der Waals surface area contributed by atoms with Gasteiger partial charge in [0.2, 0.25) is 5.95 Å². The summed E-state index contributed by atoms with van der Waals surface area (Å²) in [5, 5.41) is 17.6. The van der Waals surface area contributed by atoms with Crippen LogP contribution in [0.15, 0.2) is 29.2 Å². The molecule has 0 saturated carbocycles. The van der Waals surface area contributed by atoms with E-state index >= 15 is 0 Å². The highest BCUT2D eigenvalue weighted by atomic mass is 32.2. The smallest absolute Gasteiger partial charge is 0.337 e. The molecule has 1 aromatic heterocycles. The summed E-state index contributed by atoms with van der Waals surface area (Å²) in [6.07, 6.45) is 0. The van der Waals surface area contributed by atoms with Crippen LogP contribution < -0.4 is 10.1 Å². The van der Waals surface area contributed by atoms with Gasteiger partial charge in [-0.15, -0.1) is 16.9 Å². The normalized spacial score (nSPS) is 9.90. The number of hydrogen-bond acceptors (Lipinski definition) is 6. The predicted octanol–water partition coefficient (Wildman–Crippen LogP) is 2.07. The Labute approximate surface area is 125 Å². The number of amides is 1. The highest BCUT2D eigenvalue weighted by Crippen LogP contribution is 2.22. The Morgan fingerprint density at radius 2 is 2.33 bits per heavy atom. The number of hydrogen-bond donors (Lipinski definition) is 2. The Morgan fingerprint density at radius 1 is 1.52 bits per heavy atom. The molecule has 21 heavy (non-hydrogen) atoms. The van der Waals surface area contributed by atoms with Crippen LogP contribution in [0.2, 0.25) is 0 Å². The minimum atomic E-state index is -0.324. The van der Waals surface area contributed by atoms with Crippen LogP contribution in [-0.2, 0) is 0 Å². The molecule has 1 aromatic carbocycles. The van der Waals surface area contributed by atoms with Gasteiger partial charge in [0.25, 0.3) is 5.91 Å². The topological polar surface area (TPSA) is 104 Å². The van der Waals surface area contributed by atoms with Gasteiger partial charge in [0, 0.05) is 4.90 Å². The number of benzene rings is 1. The first-order chi connectivity index (χ1) is 10.2. The highest BCUT2D eigenvalue weighted by Gasteiger charge is 2.13. The number of aromatic nitrogens is 3. The number of nitrogens with one attached hydrogen (secondary N) is 2. The Balaban J connectivity index is 2.10. The van der Waals surface area contributed by atoms with Crippen LogP contribution in [0, 0.1) is 11.3 Å². The van der Waals surface area contributed by atoms with Crippen LogP contribution >= 0.6 is 11.8 Å². The molecule has 0 bridgehead atoms. The van der Waals surface area contributed by atoms with Crippen molar-refractivity contribution >= 4 is 23.6 Å². The lowest BCUT2D eigenvalue weighted by molar-refractivity contribution is 0.102. The minimum absolute atomic E-state index is 0.181. The van der Waals surface area contributed by atoms with Gasteiger partial charge in [-0.2, -0.15) is 10.2 Å². The molecule has 0 spiro atoms. The van der Waals surface area contributed by atoms with E-state index in [2.05, 4.69) is 20.5 Å². The second-order valence-electron chi connectivity index (χ2n) is 3.80. The van der Waals surface area contributed by atoms with Crippen molar-refractivity contribution in [1.29, 1.82) is 5.26 Å². The number of carbonyl (C=O) groups excluding carboxylic acids is 1. The fraction of sp³-hybridized carbons (Fsp3) is 0.231. The fourth-order valence-electron chi connectivity index (χ4n) is 1.56. The van der Waals surface area contributed by atoms with Crippen LogP contribution in [0.5, 0.6) is 6.01 Å². The van der Waals surface area contributed by atoms with E-state index in [0.29, 0.717) is 12.2 Å². The lowest BCUT2D eigenvalue weighted by atomic mass is 10.2. The van der Waals surface area contributed by atoms with Crippen molar-refractivity contribution in [2.75, 3.05) is 17.7 Å². The van der Waals surface area contributed by atoms with Gasteiger partial charge in [0.1, 0.15) is 0 Å². The summed E-state index contributed by atoms with van der Waals surface area (Å²) < 4.78 is 5.11. The number of H-pyrrole nitrogens is 1. The second-order valence-corrected chi connectivity index (χ2v) is 4.81. The molecule has 7 nitrogen and oxygen atoms in total. The molecule has 0 saturated heterocycles. The molecule has 1 amide bonds. The highest BCUT2D eigenvalue weighted by molar-refractivity contribution is 7.99. The van der Waals surface area contributed by atoms with Gasteiger partial charge in [-0.05, 0) is 19.1 Å². The molecule has 2 N–H and O–H groups in total. The number of rotatable bonds is 6. The predicted molar refractivity (Wildman–Crippen MR) is 78.3 cm³/mol. The summed E-state index contributed by atoms with van der Waals surface area (Å²) >= 11 is 1.31. The quantitative estimate of drug-likeness (QED) is 0.792. The van der Waals surface area contributed by atoms with Gasteiger partial charge in [-0.1, -0.05) is 12.1 Å². The molecule has 0 atom stereocenters. The van der Waals surface area contributed by atoms with Crippen LogP contribution in [-0.4, -0.2) is 33.4 Å². The maximum absolute atomic E-state index is 12.2. The van der Waals surface area contributed by atoms with Crippen LogP contribution in [0.25, 0.3) is 0 Å². The third kappa shape index (κ3) is 3.97. The third-order valence-corrected chi connectivity index (χ3v) is 3.33. The summed E-state index contributed by atoms with van der Waals surface area (Å²) in [4.78, 5) is 16.9. The molecule has 0 fully saturated rings. The van der Waals surface area contributed by atoms with Crippen molar-refractivity contribution in [3.05, 3.63) is 29.8 Å². The van der Waals surface area contributed by atoms with E-state index in [0.717, 1.165) is 4.90 Å². The molecule has 1 heterocycles. The molecule has 2 rings (SSSR count). The lowest BCUT2D eigenvalue weighted by Gasteiger charge is -2.06. The van der Waals surface area contributed by atoms with Crippen LogP contribution in [0.4, 0.5) is 5.95 Å². The Bertz CT molecular complexity index is 665. The van der Waals surface area contributed by atoms with Crippen molar-refractivity contribution < 1.29 is 9.53 Å². The van der Waals surface area contributed by atoms with Gasteiger partial charge in [0.05, 0.1) is 24.0 Å². The fourth-order valence-corrected chi connectivity index (χ4v) is 2.27. The number of nitrogens with zero attached hydrogens (tertiary/aromatic N) is 3. The van der Waals surface area contributed by atoms with Gasteiger partial charge < -0.3 is 4.74 Å². The second kappa shape index (κ2) is 7.31. The number of anilines is 1. The SMILES string of the molecule is CCOc1n[nH]c(NC(=O)c2ccccc2SCC#N)n1. The van der Waals surface area contributed by atoms with Crippen LogP contribution in [0.1, 0.15) is 17.3 Å². The molecule has 0 unspecified atom stereocenters.